The maximum atomic E-state index is 5.62. The topological polar surface area (TPSA) is 38.9 Å². The van der Waals surface area contributed by atoms with Crippen LogP contribution in [-0.4, -0.2) is 4.98 Å². The first kappa shape index (κ1) is 10.2. The van der Waals surface area contributed by atoms with Gasteiger partial charge in [0.25, 0.3) is 0 Å². The Balaban J connectivity index is 2.41. The van der Waals surface area contributed by atoms with Gasteiger partial charge in [-0.1, -0.05) is 49.4 Å². The van der Waals surface area contributed by atoms with Gasteiger partial charge in [0, 0.05) is 6.20 Å². The average Bonchev–Trinajstić information content (AvgIpc) is 2.65. The quantitative estimate of drug-likeness (QED) is 0.837. The second-order valence-electron chi connectivity index (χ2n) is 3.84. The van der Waals surface area contributed by atoms with Crippen molar-refractivity contribution in [2.45, 2.75) is 19.8 Å². The number of rotatable bonds is 2. The minimum absolute atomic E-state index is 0.551. The van der Waals surface area contributed by atoms with E-state index in [0.29, 0.717) is 11.0 Å². The van der Waals surface area contributed by atoms with Crippen LogP contribution in [-0.2, 0) is 0 Å². The number of nitrogen functional groups attached to an aromatic ring is 1. The third kappa shape index (κ3) is 2.18. The van der Waals surface area contributed by atoms with Crippen LogP contribution in [0.2, 0.25) is 0 Å². The number of nitrogens with two attached hydrogens (primary N) is 1. The van der Waals surface area contributed by atoms with Gasteiger partial charge in [0.2, 0.25) is 0 Å². The van der Waals surface area contributed by atoms with Crippen LogP contribution in [0, 0.1) is 0 Å². The van der Waals surface area contributed by atoms with Crippen molar-refractivity contribution < 1.29 is 0 Å². The van der Waals surface area contributed by atoms with E-state index < -0.39 is 0 Å². The number of hydrogen-bond donors (Lipinski definition) is 1. The molecule has 0 amide bonds. The van der Waals surface area contributed by atoms with Crippen LogP contribution in [0.5, 0.6) is 0 Å². The molecule has 0 aliphatic heterocycles. The van der Waals surface area contributed by atoms with Crippen LogP contribution in [0.3, 0.4) is 0 Å². The molecule has 0 aliphatic carbocycles. The van der Waals surface area contributed by atoms with Gasteiger partial charge in [0.1, 0.15) is 0 Å². The Hall–Kier alpha value is -1.35. The van der Waals surface area contributed by atoms with Gasteiger partial charge in [-0.3, -0.25) is 0 Å². The lowest BCUT2D eigenvalue weighted by Crippen LogP contribution is -1.86. The van der Waals surface area contributed by atoms with Gasteiger partial charge in [-0.2, -0.15) is 0 Å². The molecule has 0 fully saturated rings. The summed E-state index contributed by atoms with van der Waals surface area (Å²) < 4.78 is 0. The second kappa shape index (κ2) is 4.03. The Kier molecular flexibility index (Phi) is 2.73. The standard InChI is InChI=1S/C12H14N2S/c1-8(2)9-4-3-5-10(6-9)11-7-14-12(13)15-11/h3-8H,1-2H3,(H2,13,14). The minimum Gasteiger partial charge on any atom is -0.375 e. The van der Waals surface area contributed by atoms with Crippen molar-refractivity contribution in [3.05, 3.63) is 36.0 Å². The molecule has 0 unspecified atom stereocenters. The van der Waals surface area contributed by atoms with E-state index in [9.17, 15) is 0 Å². The first-order valence-corrected chi connectivity index (χ1v) is 5.80. The molecule has 3 heteroatoms. The highest BCUT2D eigenvalue weighted by Gasteiger charge is 2.04. The Morgan fingerprint density at radius 1 is 1.33 bits per heavy atom. The summed E-state index contributed by atoms with van der Waals surface area (Å²) in [7, 11) is 0. The average molecular weight is 218 g/mol. The van der Waals surface area contributed by atoms with E-state index in [0.717, 1.165) is 4.88 Å². The molecule has 1 aromatic carbocycles. The molecule has 0 spiro atoms. The van der Waals surface area contributed by atoms with E-state index in [4.69, 9.17) is 5.73 Å². The van der Waals surface area contributed by atoms with Gasteiger partial charge in [0.15, 0.2) is 5.13 Å². The van der Waals surface area contributed by atoms with E-state index >= 15 is 0 Å². The summed E-state index contributed by atoms with van der Waals surface area (Å²) in [6.45, 7) is 4.39. The maximum absolute atomic E-state index is 5.62. The number of hydrogen-bond acceptors (Lipinski definition) is 3. The number of thiazole rings is 1. The van der Waals surface area contributed by atoms with Crippen molar-refractivity contribution in [1.29, 1.82) is 0 Å². The summed E-state index contributed by atoms with van der Waals surface area (Å²) in [6, 6.07) is 8.54. The number of nitrogens with zero attached hydrogens (tertiary/aromatic N) is 1. The highest BCUT2D eigenvalue weighted by molar-refractivity contribution is 7.18. The molecule has 15 heavy (non-hydrogen) atoms. The van der Waals surface area contributed by atoms with Gasteiger partial charge in [-0.15, -0.1) is 0 Å². The predicted molar refractivity (Wildman–Crippen MR) is 66.1 cm³/mol. The van der Waals surface area contributed by atoms with E-state index in [-0.39, 0.29) is 0 Å². The van der Waals surface area contributed by atoms with Crippen LogP contribution in [0.25, 0.3) is 10.4 Å². The molecule has 1 aromatic heterocycles. The molecule has 2 N–H and O–H groups in total. The Labute approximate surface area is 93.8 Å². The third-order valence-corrected chi connectivity index (χ3v) is 3.24. The second-order valence-corrected chi connectivity index (χ2v) is 4.91. The van der Waals surface area contributed by atoms with Gasteiger partial charge in [0.05, 0.1) is 4.88 Å². The Morgan fingerprint density at radius 3 is 2.73 bits per heavy atom. The fourth-order valence-corrected chi connectivity index (χ4v) is 2.15. The Bertz CT molecular complexity index is 460. The summed E-state index contributed by atoms with van der Waals surface area (Å²) in [4.78, 5) is 5.20. The SMILES string of the molecule is CC(C)c1cccc(-c2cnc(N)s2)c1. The molecule has 0 bridgehead atoms. The normalized spacial score (nSPS) is 10.9. The van der Waals surface area contributed by atoms with Crippen molar-refractivity contribution in [2.75, 3.05) is 5.73 Å². The lowest BCUT2D eigenvalue weighted by molar-refractivity contribution is 0.867. The van der Waals surface area contributed by atoms with Crippen molar-refractivity contribution >= 4 is 16.5 Å². The van der Waals surface area contributed by atoms with Crippen LogP contribution in [0.15, 0.2) is 30.5 Å². The molecule has 0 aliphatic rings. The Morgan fingerprint density at radius 2 is 2.13 bits per heavy atom. The predicted octanol–water partition coefficient (Wildman–Crippen LogP) is 3.52. The first-order chi connectivity index (χ1) is 7.16. The number of benzene rings is 1. The fourth-order valence-electron chi connectivity index (χ4n) is 1.47. The molecular formula is C12H14N2S. The first-order valence-electron chi connectivity index (χ1n) is 4.98. The van der Waals surface area contributed by atoms with Gasteiger partial charge in [-0.25, -0.2) is 4.98 Å². The molecule has 2 rings (SSSR count). The van der Waals surface area contributed by atoms with E-state index in [1.807, 2.05) is 6.20 Å². The monoisotopic (exact) mass is 218 g/mol. The summed E-state index contributed by atoms with van der Waals surface area (Å²) in [5.74, 6) is 0.551. The lowest BCUT2D eigenvalue weighted by atomic mass is 10.0. The van der Waals surface area contributed by atoms with Crippen molar-refractivity contribution in [1.82, 2.24) is 4.98 Å². The zero-order valence-electron chi connectivity index (χ0n) is 8.90. The van der Waals surface area contributed by atoms with Crippen molar-refractivity contribution in [2.24, 2.45) is 0 Å². The highest BCUT2D eigenvalue weighted by atomic mass is 32.1. The molecule has 0 atom stereocenters. The molecule has 1 heterocycles. The lowest BCUT2D eigenvalue weighted by Gasteiger charge is -2.06. The third-order valence-electron chi connectivity index (χ3n) is 2.36. The molecular weight excluding hydrogens is 204 g/mol. The smallest absolute Gasteiger partial charge is 0.180 e. The van der Waals surface area contributed by atoms with E-state index in [2.05, 4.69) is 43.1 Å². The molecule has 2 aromatic rings. The summed E-state index contributed by atoms with van der Waals surface area (Å²) >= 11 is 1.53. The van der Waals surface area contributed by atoms with Gasteiger partial charge < -0.3 is 5.73 Å². The van der Waals surface area contributed by atoms with E-state index in [1.165, 1.54) is 22.5 Å². The largest absolute Gasteiger partial charge is 0.375 e. The van der Waals surface area contributed by atoms with E-state index in [1.54, 1.807) is 0 Å². The highest BCUT2D eigenvalue weighted by Crippen LogP contribution is 2.29. The van der Waals surface area contributed by atoms with Crippen LogP contribution < -0.4 is 5.73 Å². The summed E-state index contributed by atoms with van der Waals surface area (Å²) in [6.07, 6.45) is 1.83. The van der Waals surface area contributed by atoms with Gasteiger partial charge in [-0.05, 0) is 17.0 Å². The van der Waals surface area contributed by atoms with Crippen LogP contribution in [0.4, 0.5) is 5.13 Å². The number of aromatic nitrogens is 1. The zero-order chi connectivity index (χ0) is 10.8. The van der Waals surface area contributed by atoms with Crippen molar-refractivity contribution in [3.63, 3.8) is 0 Å². The van der Waals surface area contributed by atoms with Crippen molar-refractivity contribution in [3.8, 4) is 10.4 Å². The minimum atomic E-state index is 0.551. The van der Waals surface area contributed by atoms with Crippen LogP contribution >= 0.6 is 11.3 Å². The molecule has 0 saturated heterocycles. The molecule has 0 saturated carbocycles. The zero-order valence-corrected chi connectivity index (χ0v) is 9.71. The summed E-state index contributed by atoms with van der Waals surface area (Å²) in [5, 5.41) is 0.625. The molecule has 78 valence electrons. The van der Waals surface area contributed by atoms with Crippen LogP contribution in [0.1, 0.15) is 25.3 Å². The molecule has 0 radical (unpaired) electrons. The number of anilines is 1. The molecule has 2 nitrogen and oxygen atoms in total. The maximum Gasteiger partial charge on any atom is 0.180 e. The fraction of sp³-hybridized carbons (Fsp3) is 0.250. The van der Waals surface area contributed by atoms with Gasteiger partial charge >= 0.3 is 0 Å². The summed E-state index contributed by atoms with van der Waals surface area (Å²) in [5.41, 5.74) is 8.17.